The molecule has 4 nitrogen and oxygen atoms in total. The summed E-state index contributed by atoms with van der Waals surface area (Å²) < 4.78 is 12.8. The highest BCUT2D eigenvalue weighted by molar-refractivity contribution is 14.1. The summed E-state index contributed by atoms with van der Waals surface area (Å²) in [5.41, 5.74) is -0.689. The largest absolute Gasteiger partial charge is 0.478 e. The second-order valence-electron chi connectivity index (χ2n) is 2.43. The zero-order chi connectivity index (χ0) is 10.9. The lowest BCUT2D eigenvalue weighted by Crippen LogP contribution is -2.08. The molecule has 0 saturated carbocycles. The average molecular weight is 310 g/mol. The maximum absolute atomic E-state index is 12.8. The summed E-state index contributed by atoms with van der Waals surface area (Å²) in [4.78, 5) is 21.2. The second kappa shape index (κ2) is 3.91. The van der Waals surface area contributed by atoms with Crippen molar-refractivity contribution in [2.24, 2.45) is 0 Å². The molecule has 1 aromatic carbocycles. The minimum absolute atomic E-state index is 0.0176. The number of hydrogen-bond acceptors (Lipinski definition) is 2. The van der Waals surface area contributed by atoms with Gasteiger partial charge in [-0.05, 0) is 34.7 Å². The Morgan fingerprint density at radius 2 is 1.50 bits per heavy atom. The van der Waals surface area contributed by atoms with E-state index >= 15 is 0 Å². The van der Waals surface area contributed by atoms with Gasteiger partial charge in [0.1, 0.15) is 5.82 Å². The Balaban J connectivity index is 3.47. The van der Waals surface area contributed by atoms with Gasteiger partial charge < -0.3 is 10.2 Å². The first-order valence-corrected chi connectivity index (χ1v) is 4.47. The number of carbonyl (C=O) groups is 2. The molecule has 2 N–H and O–H groups in total. The fraction of sp³-hybridized carbons (Fsp3) is 0. The first-order valence-electron chi connectivity index (χ1n) is 3.39. The Morgan fingerprint density at radius 1 is 1.14 bits per heavy atom. The second-order valence-corrected chi connectivity index (χ2v) is 3.50. The van der Waals surface area contributed by atoms with E-state index in [1.54, 1.807) is 22.6 Å². The number of benzene rings is 1. The van der Waals surface area contributed by atoms with Crippen LogP contribution in [0.5, 0.6) is 0 Å². The minimum Gasteiger partial charge on any atom is -0.478 e. The maximum Gasteiger partial charge on any atom is 0.336 e. The number of hydrogen-bond donors (Lipinski definition) is 2. The number of rotatable bonds is 2. The molecule has 0 saturated heterocycles. The van der Waals surface area contributed by atoms with Crippen LogP contribution in [0, 0.1) is 9.39 Å². The third-order valence-electron chi connectivity index (χ3n) is 1.50. The Bertz CT molecular complexity index is 381. The van der Waals surface area contributed by atoms with Gasteiger partial charge in [-0.3, -0.25) is 0 Å². The van der Waals surface area contributed by atoms with Gasteiger partial charge in [-0.25, -0.2) is 14.0 Å². The van der Waals surface area contributed by atoms with E-state index < -0.39 is 17.8 Å². The van der Waals surface area contributed by atoms with E-state index in [-0.39, 0.29) is 14.7 Å². The highest BCUT2D eigenvalue weighted by atomic mass is 127. The average Bonchev–Trinajstić information content (AvgIpc) is 2.07. The predicted octanol–water partition coefficient (Wildman–Crippen LogP) is 1.83. The lowest BCUT2D eigenvalue weighted by atomic mass is 10.1. The van der Waals surface area contributed by atoms with E-state index in [9.17, 15) is 14.0 Å². The summed E-state index contributed by atoms with van der Waals surface area (Å²) in [6.45, 7) is 0. The van der Waals surface area contributed by atoms with Crippen molar-refractivity contribution in [2.45, 2.75) is 0 Å². The van der Waals surface area contributed by atoms with Crippen LogP contribution < -0.4 is 0 Å². The molecule has 1 rings (SSSR count). The molecule has 0 aliphatic rings. The van der Waals surface area contributed by atoms with E-state index in [1.165, 1.54) is 0 Å². The standard InChI is InChI=1S/C8H4FIO4/c9-3-1-4(7(11)12)6(10)5(2-3)8(13)14/h1-2H,(H,11,12)(H,13,14). The Hall–Kier alpha value is -1.18. The van der Waals surface area contributed by atoms with Crippen LogP contribution in [0.3, 0.4) is 0 Å². The van der Waals surface area contributed by atoms with Gasteiger partial charge in [0.15, 0.2) is 0 Å². The molecule has 0 spiro atoms. The van der Waals surface area contributed by atoms with Crippen LogP contribution in [0.25, 0.3) is 0 Å². The quantitative estimate of drug-likeness (QED) is 0.817. The van der Waals surface area contributed by atoms with Crippen molar-refractivity contribution >= 4 is 34.5 Å². The highest BCUT2D eigenvalue weighted by Gasteiger charge is 2.18. The maximum atomic E-state index is 12.8. The lowest BCUT2D eigenvalue weighted by molar-refractivity contribution is 0.0694. The molecule has 0 aromatic heterocycles. The lowest BCUT2D eigenvalue weighted by Gasteiger charge is -2.03. The Morgan fingerprint density at radius 3 is 1.79 bits per heavy atom. The number of carboxylic acids is 2. The molecule has 0 radical (unpaired) electrons. The van der Waals surface area contributed by atoms with Crippen LogP contribution >= 0.6 is 22.6 Å². The van der Waals surface area contributed by atoms with Crippen molar-refractivity contribution in [3.63, 3.8) is 0 Å². The molecule has 74 valence electrons. The zero-order valence-electron chi connectivity index (χ0n) is 6.62. The van der Waals surface area contributed by atoms with Crippen LogP contribution in [0.15, 0.2) is 12.1 Å². The number of aromatic carboxylic acids is 2. The monoisotopic (exact) mass is 310 g/mol. The van der Waals surface area contributed by atoms with Crippen molar-refractivity contribution in [2.75, 3.05) is 0 Å². The molecule has 0 unspecified atom stereocenters. The highest BCUT2D eigenvalue weighted by Crippen LogP contribution is 2.19. The zero-order valence-corrected chi connectivity index (χ0v) is 8.78. The van der Waals surface area contributed by atoms with E-state index in [2.05, 4.69) is 0 Å². The Kier molecular flexibility index (Phi) is 3.04. The summed E-state index contributed by atoms with van der Waals surface area (Å²) in [6, 6.07) is 1.58. The molecular formula is C8H4FIO4. The van der Waals surface area contributed by atoms with Gasteiger partial charge in [0.25, 0.3) is 0 Å². The normalized spacial score (nSPS) is 9.86. The van der Waals surface area contributed by atoms with Gasteiger partial charge >= 0.3 is 11.9 Å². The van der Waals surface area contributed by atoms with Gasteiger partial charge in [-0.1, -0.05) is 0 Å². The van der Waals surface area contributed by atoms with Gasteiger partial charge in [0.05, 0.1) is 11.1 Å². The first-order chi connectivity index (χ1) is 6.43. The molecule has 1 aromatic rings. The molecule has 0 bridgehead atoms. The van der Waals surface area contributed by atoms with Gasteiger partial charge in [-0.15, -0.1) is 0 Å². The van der Waals surface area contributed by atoms with Crippen molar-refractivity contribution in [3.8, 4) is 0 Å². The molecule has 6 heteroatoms. The Labute approximate surface area is 91.5 Å². The molecular weight excluding hydrogens is 306 g/mol. The molecule has 0 fully saturated rings. The van der Waals surface area contributed by atoms with Crippen LogP contribution in [0.2, 0.25) is 0 Å². The molecule has 0 aliphatic heterocycles. The predicted molar refractivity (Wildman–Crippen MR) is 53.0 cm³/mol. The van der Waals surface area contributed by atoms with Gasteiger partial charge in [0, 0.05) is 3.57 Å². The summed E-state index contributed by atoms with van der Waals surface area (Å²) in [7, 11) is 0. The van der Waals surface area contributed by atoms with Crippen molar-refractivity contribution in [1.82, 2.24) is 0 Å². The molecule has 0 heterocycles. The summed E-state index contributed by atoms with van der Waals surface area (Å²) >= 11 is 1.56. The summed E-state index contributed by atoms with van der Waals surface area (Å²) in [6.07, 6.45) is 0. The van der Waals surface area contributed by atoms with Crippen LogP contribution in [0.1, 0.15) is 20.7 Å². The minimum atomic E-state index is -1.35. The van der Waals surface area contributed by atoms with E-state index in [0.717, 1.165) is 12.1 Å². The third-order valence-corrected chi connectivity index (χ3v) is 2.66. The van der Waals surface area contributed by atoms with Crippen LogP contribution in [0.4, 0.5) is 4.39 Å². The van der Waals surface area contributed by atoms with Crippen molar-refractivity contribution < 1.29 is 24.2 Å². The van der Waals surface area contributed by atoms with Crippen LogP contribution in [-0.2, 0) is 0 Å². The van der Waals surface area contributed by atoms with Gasteiger partial charge in [-0.2, -0.15) is 0 Å². The van der Waals surface area contributed by atoms with Crippen LogP contribution in [-0.4, -0.2) is 22.2 Å². The molecule has 0 atom stereocenters. The van der Waals surface area contributed by atoms with E-state index in [4.69, 9.17) is 10.2 Å². The third kappa shape index (κ3) is 2.00. The van der Waals surface area contributed by atoms with Gasteiger partial charge in [0.2, 0.25) is 0 Å². The SMILES string of the molecule is O=C(O)c1cc(F)cc(C(=O)O)c1I. The topological polar surface area (TPSA) is 74.6 Å². The number of carboxylic acid groups (broad SMARTS) is 2. The summed E-state index contributed by atoms with van der Waals surface area (Å²) in [5, 5.41) is 17.3. The fourth-order valence-corrected chi connectivity index (χ4v) is 1.67. The van der Waals surface area contributed by atoms with E-state index in [1.807, 2.05) is 0 Å². The molecule has 0 amide bonds. The van der Waals surface area contributed by atoms with E-state index in [0.29, 0.717) is 0 Å². The first kappa shape index (κ1) is 10.9. The molecule has 14 heavy (non-hydrogen) atoms. The summed E-state index contributed by atoms with van der Waals surface area (Å²) in [5.74, 6) is -3.58. The van der Waals surface area contributed by atoms with Crippen molar-refractivity contribution in [3.05, 3.63) is 32.6 Å². The van der Waals surface area contributed by atoms with Crippen molar-refractivity contribution in [1.29, 1.82) is 0 Å². The fourth-order valence-electron chi connectivity index (χ4n) is 0.900. The molecule has 0 aliphatic carbocycles. The smallest absolute Gasteiger partial charge is 0.336 e. The number of halogens is 2.